The molecule has 2 rings (SSSR count). The SMILES string of the molecule is O=C(Cc1ccccc1Cl)N[C@@H]1CS(=O)(=O)C[C@H]1Cl. The van der Waals surface area contributed by atoms with Crippen molar-refractivity contribution >= 4 is 38.9 Å². The predicted octanol–water partition coefficient (Wildman–Crippen LogP) is 1.40. The van der Waals surface area contributed by atoms with E-state index in [1.807, 2.05) is 0 Å². The van der Waals surface area contributed by atoms with Gasteiger partial charge >= 0.3 is 0 Å². The zero-order chi connectivity index (χ0) is 14.0. The maximum absolute atomic E-state index is 11.9. The molecule has 0 unspecified atom stereocenters. The number of halogens is 2. The van der Waals surface area contributed by atoms with E-state index in [1.54, 1.807) is 24.3 Å². The van der Waals surface area contributed by atoms with Gasteiger partial charge in [0.2, 0.25) is 5.91 Å². The lowest BCUT2D eigenvalue weighted by Crippen LogP contribution is -2.41. The summed E-state index contributed by atoms with van der Waals surface area (Å²) in [6.45, 7) is 0. The largest absolute Gasteiger partial charge is 0.351 e. The smallest absolute Gasteiger partial charge is 0.224 e. The second-order valence-electron chi connectivity index (χ2n) is 4.54. The summed E-state index contributed by atoms with van der Waals surface area (Å²) in [5.41, 5.74) is 0.702. The Labute approximate surface area is 122 Å². The number of alkyl halides is 1. The van der Waals surface area contributed by atoms with Crippen molar-refractivity contribution in [1.29, 1.82) is 0 Å². The van der Waals surface area contributed by atoms with Crippen LogP contribution in [0.5, 0.6) is 0 Å². The number of hydrogen-bond acceptors (Lipinski definition) is 3. The molecule has 1 aromatic rings. The highest BCUT2D eigenvalue weighted by atomic mass is 35.5. The Morgan fingerprint density at radius 3 is 2.58 bits per heavy atom. The quantitative estimate of drug-likeness (QED) is 0.856. The summed E-state index contributed by atoms with van der Waals surface area (Å²) in [6.07, 6.45) is 0.111. The lowest BCUT2D eigenvalue weighted by molar-refractivity contribution is -0.120. The molecule has 0 aliphatic carbocycles. The Bertz CT molecular complexity index is 588. The molecular formula is C12H13Cl2NO3S. The predicted molar refractivity (Wildman–Crippen MR) is 75.4 cm³/mol. The molecule has 2 atom stereocenters. The molecule has 1 fully saturated rings. The first kappa shape index (κ1) is 14.6. The number of rotatable bonds is 3. The number of carbonyl (C=O) groups is 1. The Morgan fingerprint density at radius 1 is 1.32 bits per heavy atom. The van der Waals surface area contributed by atoms with Crippen LogP contribution in [-0.4, -0.2) is 37.2 Å². The van der Waals surface area contributed by atoms with Crippen LogP contribution in [0, 0.1) is 0 Å². The van der Waals surface area contributed by atoms with E-state index in [0.29, 0.717) is 10.6 Å². The fraction of sp³-hybridized carbons (Fsp3) is 0.417. The molecule has 0 saturated carbocycles. The standard InChI is InChI=1S/C12H13Cl2NO3S/c13-9-4-2-1-3-8(9)5-12(16)15-11-7-19(17,18)6-10(11)14/h1-4,10-11H,5-7H2,(H,15,16)/t10-,11-/m1/s1. The average molecular weight is 322 g/mol. The molecular weight excluding hydrogens is 309 g/mol. The summed E-state index contributed by atoms with van der Waals surface area (Å²) in [6, 6.07) is 6.50. The van der Waals surface area contributed by atoms with Gasteiger partial charge in [-0.2, -0.15) is 0 Å². The zero-order valence-corrected chi connectivity index (χ0v) is 12.3. The van der Waals surface area contributed by atoms with E-state index in [1.165, 1.54) is 0 Å². The Kier molecular flexibility index (Phi) is 4.38. The molecule has 4 nitrogen and oxygen atoms in total. The van der Waals surface area contributed by atoms with E-state index in [4.69, 9.17) is 23.2 Å². The first-order chi connectivity index (χ1) is 8.87. The van der Waals surface area contributed by atoms with E-state index in [2.05, 4.69) is 5.32 Å². The Hall–Kier alpha value is -0.780. The molecule has 19 heavy (non-hydrogen) atoms. The van der Waals surface area contributed by atoms with Gasteiger partial charge in [0.05, 0.1) is 29.3 Å². The van der Waals surface area contributed by atoms with Gasteiger partial charge < -0.3 is 5.32 Å². The van der Waals surface area contributed by atoms with Crippen LogP contribution in [0.3, 0.4) is 0 Å². The third-order valence-electron chi connectivity index (χ3n) is 2.94. The molecule has 0 spiro atoms. The summed E-state index contributed by atoms with van der Waals surface area (Å²) >= 11 is 11.9. The third kappa shape index (κ3) is 3.84. The van der Waals surface area contributed by atoms with Crippen molar-refractivity contribution in [1.82, 2.24) is 5.32 Å². The second kappa shape index (κ2) is 5.69. The maximum atomic E-state index is 11.9. The first-order valence-corrected chi connectivity index (χ1v) is 8.38. The van der Waals surface area contributed by atoms with Crippen LogP contribution in [0.15, 0.2) is 24.3 Å². The van der Waals surface area contributed by atoms with Gasteiger partial charge in [-0.05, 0) is 11.6 Å². The van der Waals surface area contributed by atoms with Gasteiger partial charge in [0, 0.05) is 5.02 Å². The van der Waals surface area contributed by atoms with Crippen LogP contribution in [-0.2, 0) is 21.1 Å². The number of hydrogen-bond donors (Lipinski definition) is 1. The third-order valence-corrected chi connectivity index (χ3v) is 5.68. The van der Waals surface area contributed by atoms with Crippen molar-refractivity contribution in [3.8, 4) is 0 Å². The molecule has 1 N–H and O–H groups in total. The molecule has 104 valence electrons. The van der Waals surface area contributed by atoms with Crippen LogP contribution in [0.2, 0.25) is 5.02 Å². The number of benzene rings is 1. The lowest BCUT2D eigenvalue weighted by Gasteiger charge is -2.14. The van der Waals surface area contributed by atoms with E-state index in [0.717, 1.165) is 0 Å². The molecule has 0 radical (unpaired) electrons. The average Bonchev–Trinajstić information content (AvgIpc) is 2.55. The van der Waals surface area contributed by atoms with Crippen LogP contribution >= 0.6 is 23.2 Å². The highest BCUT2D eigenvalue weighted by molar-refractivity contribution is 7.91. The van der Waals surface area contributed by atoms with E-state index < -0.39 is 21.3 Å². The summed E-state index contributed by atoms with van der Waals surface area (Å²) in [5.74, 6) is -0.470. The fourth-order valence-corrected chi connectivity index (χ4v) is 4.76. The van der Waals surface area contributed by atoms with Crippen LogP contribution < -0.4 is 5.32 Å². The lowest BCUT2D eigenvalue weighted by atomic mass is 10.1. The Balaban J connectivity index is 1.98. The van der Waals surface area contributed by atoms with Crippen molar-refractivity contribution < 1.29 is 13.2 Å². The number of amides is 1. The highest BCUT2D eigenvalue weighted by Gasteiger charge is 2.37. The van der Waals surface area contributed by atoms with Crippen molar-refractivity contribution in [2.45, 2.75) is 17.8 Å². The van der Waals surface area contributed by atoms with Gasteiger partial charge in [-0.25, -0.2) is 8.42 Å². The molecule has 1 aliphatic heterocycles. The molecule has 1 saturated heterocycles. The summed E-state index contributed by atoms with van der Waals surface area (Å²) in [4.78, 5) is 11.9. The normalized spacial score (nSPS) is 25.2. The van der Waals surface area contributed by atoms with E-state index in [-0.39, 0.29) is 23.8 Å². The molecule has 1 amide bonds. The highest BCUT2D eigenvalue weighted by Crippen LogP contribution is 2.19. The van der Waals surface area contributed by atoms with Gasteiger partial charge in [0.15, 0.2) is 9.84 Å². The summed E-state index contributed by atoms with van der Waals surface area (Å²) in [7, 11) is -3.14. The maximum Gasteiger partial charge on any atom is 0.224 e. The molecule has 1 aliphatic rings. The number of carbonyl (C=O) groups excluding carboxylic acids is 1. The van der Waals surface area contributed by atoms with Crippen LogP contribution in [0.25, 0.3) is 0 Å². The summed E-state index contributed by atoms with van der Waals surface area (Å²) < 4.78 is 22.8. The van der Waals surface area contributed by atoms with Gasteiger partial charge in [-0.3, -0.25) is 4.79 Å². The molecule has 1 aromatic carbocycles. The summed E-state index contributed by atoms with van der Waals surface area (Å²) in [5, 5.41) is 2.60. The van der Waals surface area contributed by atoms with Gasteiger partial charge in [0.25, 0.3) is 0 Å². The van der Waals surface area contributed by atoms with E-state index in [9.17, 15) is 13.2 Å². The zero-order valence-electron chi connectivity index (χ0n) is 9.97. The fourth-order valence-electron chi connectivity index (χ4n) is 2.01. The minimum absolute atomic E-state index is 0.0917. The van der Waals surface area contributed by atoms with Crippen molar-refractivity contribution in [3.63, 3.8) is 0 Å². The van der Waals surface area contributed by atoms with Crippen molar-refractivity contribution in [2.24, 2.45) is 0 Å². The van der Waals surface area contributed by atoms with Gasteiger partial charge in [-0.15, -0.1) is 11.6 Å². The van der Waals surface area contributed by atoms with Gasteiger partial charge in [-0.1, -0.05) is 29.8 Å². The second-order valence-corrected chi connectivity index (χ2v) is 7.66. The monoisotopic (exact) mass is 321 g/mol. The van der Waals surface area contributed by atoms with Crippen molar-refractivity contribution in [2.75, 3.05) is 11.5 Å². The van der Waals surface area contributed by atoms with E-state index >= 15 is 0 Å². The first-order valence-electron chi connectivity index (χ1n) is 5.74. The van der Waals surface area contributed by atoms with Crippen LogP contribution in [0.1, 0.15) is 5.56 Å². The van der Waals surface area contributed by atoms with Gasteiger partial charge in [0.1, 0.15) is 0 Å². The number of sulfone groups is 1. The molecule has 1 heterocycles. The molecule has 0 bridgehead atoms. The molecule has 0 aromatic heterocycles. The molecule has 7 heteroatoms. The minimum atomic E-state index is -3.14. The van der Waals surface area contributed by atoms with Crippen molar-refractivity contribution in [3.05, 3.63) is 34.9 Å². The topological polar surface area (TPSA) is 63.2 Å². The minimum Gasteiger partial charge on any atom is -0.351 e. The Morgan fingerprint density at radius 2 is 2.00 bits per heavy atom. The number of nitrogens with one attached hydrogen (secondary N) is 1. The van der Waals surface area contributed by atoms with Crippen LogP contribution in [0.4, 0.5) is 0 Å².